The summed E-state index contributed by atoms with van der Waals surface area (Å²) in [5.41, 5.74) is 0. The lowest BCUT2D eigenvalue weighted by Gasteiger charge is -1.99. The predicted molar refractivity (Wildman–Crippen MR) is 49.3 cm³/mol. The lowest BCUT2D eigenvalue weighted by Crippen LogP contribution is -2.09. The molecule has 0 bridgehead atoms. The van der Waals surface area contributed by atoms with E-state index >= 15 is 0 Å². The Hall–Kier alpha value is -2.50. The van der Waals surface area contributed by atoms with Crippen LogP contribution in [0.5, 0.6) is 5.75 Å². The quantitative estimate of drug-likeness (QED) is 0.796. The number of ether oxygens (including phenoxy) is 1. The molecule has 0 aromatic carbocycles. The summed E-state index contributed by atoms with van der Waals surface area (Å²) in [4.78, 5) is 22.0. The van der Waals surface area contributed by atoms with Crippen LogP contribution in [0.15, 0.2) is 39.6 Å². The molecule has 0 aliphatic heterocycles. The van der Waals surface area contributed by atoms with Gasteiger partial charge in [-0.1, -0.05) is 0 Å². The third-order valence-electron chi connectivity index (χ3n) is 1.75. The van der Waals surface area contributed by atoms with Crippen LogP contribution < -0.4 is 4.74 Å². The highest BCUT2D eigenvalue weighted by Crippen LogP contribution is 2.20. The number of carboxylic acids is 1. The van der Waals surface area contributed by atoms with E-state index in [0.717, 1.165) is 6.26 Å². The van der Waals surface area contributed by atoms with Gasteiger partial charge in [-0.3, -0.25) is 0 Å². The minimum absolute atomic E-state index is 0.0162. The highest BCUT2D eigenvalue weighted by Gasteiger charge is 2.20. The van der Waals surface area contributed by atoms with E-state index in [1.807, 2.05) is 0 Å². The summed E-state index contributed by atoms with van der Waals surface area (Å²) in [6.07, 6.45) is 2.43. The number of carbonyl (C=O) groups excluding carboxylic acids is 1. The Kier molecular flexibility index (Phi) is 2.47. The zero-order valence-corrected chi connectivity index (χ0v) is 7.88. The highest BCUT2D eigenvalue weighted by atomic mass is 16.6. The molecule has 0 fully saturated rings. The number of carbonyl (C=O) groups is 2. The first-order valence-electron chi connectivity index (χ1n) is 4.25. The Morgan fingerprint density at radius 1 is 1.19 bits per heavy atom. The van der Waals surface area contributed by atoms with E-state index in [9.17, 15) is 9.59 Å². The number of carboxylic acid groups (broad SMARTS) is 1. The fourth-order valence-electron chi connectivity index (χ4n) is 1.08. The van der Waals surface area contributed by atoms with Gasteiger partial charge >= 0.3 is 11.9 Å². The van der Waals surface area contributed by atoms with Crippen molar-refractivity contribution < 1.29 is 28.3 Å². The van der Waals surface area contributed by atoms with Crippen molar-refractivity contribution in [1.82, 2.24) is 0 Å². The van der Waals surface area contributed by atoms with E-state index < -0.39 is 17.7 Å². The van der Waals surface area contributed by atoms with Crippen LogP contribution in [0.25, 0.3) is 0 Å². The molecule has 2 heterocycles. The van der Waals surface area contributed by atoms with Crippen molar-refractivity contribution in [3.8, 4) is 5.75 Å². The molecular formula is C10H6O6. The van der Waals surface area contributed by atoms with E-state index in [1.54, 1.807) is 0 Å². The lowest BCUT2D eigenvalue weighted by molar-refractivity contribution is 0.0640. The number of hydrogen-bond donors (Lipinski definition) is 1. The normalized spacial score (nSPS) is 10.0. The first-order valence-corrected chi connectivity index (χ1v) is 4.25. The molecule has 0 saturated carbocycles. The molecule has 0 atom stereocenters. The van der Waals surface area contributed by atoms with Crippen LogP contribution in [0.3, 0.4) is 0 Å². The van der Waals surface area contributed by atoms with Crippen molar-refractivity contribution in [2.45, 2.75) is 0 Å². The Labute approximate surface area is 89.0 Å². The SMILES string of the molecule is O=C(Oc1ccoc1C(=O)O)c1ccco1. The summed E-state index contributed by atoms with van der Waals surface area (Å²) in [6, 6.07) is 4.16. The second kappa shape index (κ2) is 3.93. The molecule has 0 amide bonds. The van der Waals surface area contributed by atoms with Crippen LogP contribution in [0.4, 0.5) is 0 Å². The second-order valence-corrected chi connectivity index (χ2v) is 2.79. The largest absolute Gasteiger partial charge is 0.475 e. The fraction of sp³-hybridized carbons (Fsp3) is 0. The average molecular weight is 222 g/mol. The zero-order valence-electron chi connectivity index (χ0n) is 7.88. The molecular weight excluding hydrogens is 216 g/mol. The van der Waals surface area contributed by atoms with E-state index in [0.29, 0.717) is 0 Å². The summed E-state index contributed by atoms with van der Waals surface area (Å²) in [5, 5.41) is 8.69. The molecule has 6 nitrogen and oxygen atoms in total. The third-order valence-corrected chi connectivity index (χ3v) is 1.75. The van der Waals surface area contributed by atoms with Gasteiger partial charge in [-0.05, 0) is 12.1 Å². The minimum atomic E-state index is -1.31. The smallest absolute Gasteiger partial charge is 0.379 e. The third kappa shape index (κ3) is 1.81. The monoisotopic (exact) mass is 222 g/mol. The minimum Gasteiger partial charge on any atom is -0.475 e. The summed E-state index contributed by atoms with van der Waals surface area (Å²) in [5.74, 6) is -2.70. The molecule has 1 N–H and O–H groups in total. The summed E-state index contributed by atoms with van der Waals surface area (Å²) < 4.78 is 14.2. The standard InChI is InChI=1S/C10H6O6/c11-9(12)8-6(3-5-15-8)16-10(13)7-2-1-4-14-7/h1-5H,(H,11,12). The summed E-state index contributed by atoms with van der Waals surface area (Å²) in [6.45, 7) is 0. The predicted octanol–water partition coefficient (Wildman–Crippen LogP) is 1.79. The van der Waals surface area contributed by atoms with Gasteiger partial charge in [-0.2, -0.15) is 0 Å². The van der Waals surface area contributed by atoms with Crippen LogP contribution in [-0.4, -0.2) is 17.0 Å². The number of furan rings is 2. The molecule has 2 rings (SSSR count). The van der Waals surface area contributed by atoms with Gasteiger partial charge in [0.1, 0.15) is 0 Å². The maximum absolute atomic E-state index is 11.4. The highest BCUT2D eigenvalue weighted by molar-refractivity contribution is 5.92. The second-order valence-electron chi connectivity index (χ2n) is 2.79. The Bertz CT molecular complexity index is 507. The number of aromatic carboxylic acids is 1. The van der Waals surface area contributed by atoms with E-state index in [4.69, 9.17) is 14.3 Å². The molecule has 0 aliphatic rings. The van der Waals surface area contributed by atoms with Crippen molar-refractivity contribution in [3.63, 3.8) is 0 Å². The first kappa shape index (κ1) is 10.0. The number of esters is 1. The molecule has 82 valence electrons. The van der Waals surface area contributed by atoms with Gasteiger partial charge in [-0.25, -0.2) is 9.59 Å². The van der Waals surface area contributed by atoms with Crippen molar-refractivity contribution in [1.29, 1.82) is 0 Å². The maximum Gasteiger partial charge on any atom is 0.379 e. The van der Waals surface area contributed by atoms with E-state index in [2.05, 4.69) is 4.42 Å². The number of hydrogen-bond acceptors (Lipinski definition) is 5. The molecule has 2 aromatic rings. The topological polar surface area (TPSA) is 89.9 Å². The van der Waals surface area contributed by atoms with Gasteiger partial charge < -0.3 is 18.7 Å². The maximum atomic E-state index is 11.4. The van der Waals surface area contributed by atoms with Gasteiger partial charge in [-0.15, -0.1) is 0 Å². The fourth-order valence-corrected chi connectivity index (χ4v) is 1.08. The first-order chi connectivity index (χ1) is 7.68. The van der Waals surface area contributed by atoms with Crippen LogP contribution in [0.2, 0.25) is 0 Å². The van der Waals surface area contributed by atoms with E-state index in [-0.39, 0.29) is 11.5 Å². The van der Waals surface area contributed by atoms with Gasteiger partial charge in [0.05, 0.1) is 12.5 Å². The van der Waals surface area contributed by atoms with Crippen molar-refractivity contribution in [2.75, 3.05) is 0 Å². The Morgan fingerprint density at radius 2 is 2.00 bits per heavy atom. The Balaban J connectivity index is 2.18. The zero-order chi connectivity index (χ0) is 11.5. The van der Waals surface area contributed by atoms with Crippen LogP contribution in [0, 0.1) is 0 Å². The average Bonchev–Trinajstić information content (AvgIpc) is 2.86. The van der Waals surface area contributed by atoms with Gasteiger partial charge in [0.2, 0.25) is 5.76 Å². The van der Waals surface area contributed by atoms with Crippen molar-refractivity contribution in [3.05, 3.63) is 42.2 Å². The lowest BCUT2D eigenvalue weighted by atomic mass is 10.4. The van der Waals surface area contributed by atoms with Gasteiger partial charge in [0, 0.05) is 6.07 Å². The van der Waals surface area contributed by atoms with Gasteiger partial charge in [0.25, 0.3) is 5.76 Å². The molecule has 0 radical (unpaired) electrons. The molecule has 0 unspecified atom stereocenters. The van der Waals surface area contributed by atoms with Crippen molar-refractivity contribution in [2.24, 2.45) is 0 Å². The van der Waals surface area contributed by atoms with Crippen LogP contribution in [0.1, 0.15) is 21.1 Å². The molecule has 0 spiro atoms. The van der Waals surface area contributed by atoms with E-state index in [1.165, 1.54) is 24.5 Å². The summed E-state index contributed by atoms with van der Waals surface area (Å²) in [7, 11) is 0. The Morgan fingerprint density at radius 3 is 2.62 bits per heavy atom. The van der Waals surface area contributed by atoms with Crippen LogP contribution >= 0.6 is 0 Å². The van der Waals surface area contributed by atoms with Gasteiger partial charge in [0.15, 0.2) is 5.75 Å². The molecule has 2 aromatic heterocycles. The van der Waals surface area contributed by atoms with Crippen molar-refractivity contribution >= 4 is 11.9 Å². The van der Waals surface area contributed by atoms with Crippen LogP contribution in [-0.2, 0) is 0 Å². The molecule has 0 saturated heterocycles. The summed E-state index contributed by atoms with van der Waals surface area (Å²) >= 11 is 0. The molecule has 16 heavy (non-hydrogen) atoms. The molecule has 6 heteroatoms. The number of rotatable bonds is 3. The molecule has 0 aliphatic carbocycles.